The molecule has 0 aromatic rings. The summed E-state index contributed by atoms with van der Waals surface area (Å²) >= 11 is 0. The molecule has 0 unspecified atom stereocenters. The number of piperidine rings is 1. The maximum absolute atomic E-state index is 2.39. The molecule has 7 heavy (non-hydrogen) atoms. The first-order valence-electron chi connectivity index (χ1n) is 3.08. The van der Waals surface area contributed by atoms with Gasteiger partial charge in [0, 0.05) is 1.43 Å². The summed E-state index contributed by atoms with van der Waals surface area (Å²) in [6, 6.07) is 0. The Hall–Kier alpha value is -0.0400. The second-order valence-electron chi connectivity index (χ2n) is 2.36. The Kier molecular flexibility index (Phi) is 1.69. The fourth-order valence-corrected chi connectivity index (χ4v) is 1.05. The number of hydrogen-bond acceptors (Lipinski definition) is 1. The third-order valence-electron chi connectivity index (χ3n) is 1.58. The van der Waals surface area contributed by atoms with Crippen LogP contribution in [0.25, 0.3) is 0 Å². The molecule has 1 heterocycles. The van der Waals surface area contributed by atoms with Crippen LogP contribution in [-0.2, 0) is 0 Å². The van der Waals surface area contributed by atoms with E-state index >= 15 is 0 Å². The highest BCUT2D eigenvalue weighted by Crippen LogP contribution is 2.04. The molecule has 1 nitrogen and oxygen atoms in total. The maximum Gasteiger partial charge on any atom is 0 e. The van der Waals surface area contributed by atoms with E-state index in [2.05, 4.69) is 11.9 Å². The highest BCUT2D eigenvalue weighted by atomic mass is 15.1. The van der Waals surface area contributed by atoms with Crippen molar-refractivity contribution in [1.29, 1.82) is 0 Å². The zero-order valence-corrected chi connectivity index (χ0v) is 4.98. The lowest BCUT2D eigenvalue weighted by atomic mass is 10.1. The van der Waals surface area contributed by atoms with Crippen LogP contribution in [0.1, 0.15) is 20.7 Å². The van der Waals surface area contributed by atoms with E-state index in [0.29, 0.717) is 0 Å². The molecule has 1 aliphatic rings. The van der Waals surface area contributed by atoms with Gasteiger partial charge in [-0.3, -0.25) is 0 Å². The molecule has 0 atom stereocenters. The second-order valence-corrected chi connectivity index (χ2v) is 2.36. The number of hydrogen-bond donors (Lipinski definition) is 0. The van der Waals surface area contributed by atoms with Gasteiger partial charge in [0.15, 0.2) is 0 Å². The number of nitrogens with zero attached hydrogens (tertiary/aromatic N) is 1. The molecule has 1 fully saturated rings. The standard InChI is InChI=1S/C6H13N.H2/c1-7-5-3-2-4-6-7;/h2-6H2,1H3;1H/i;1+1. The third-order valence-corrected chi connectivity index (χ3v) is 1.58. The predicted molar refractivity (Wildman–Crippen MR) is 33.5 cm³/mol. The molecular formula is C6H15N. The first-order valence-corrected chi connectivity index (χ1v) is 3.08. The Morgan fingerprint density at radius 3 is 2.00 bits per heavy atom. The monoisotopic (exact) mass is 102 g/mol. The van der Waals surface area contributed by atoms with E-state index in [4.69, 9.17) is 0 Å². The lowest BCUT2D eigenvalue weighted by Crippen LogP contribution is -2.24. The van der Waals surface area contributed by atoms with Crippen molar-refractivity contribution in [2.45, 2.75) is 19.3 Å². The van der Waals surface area contributed by atoms with Gasteiger partial charge in [-0.2, -0.15) is 0 Å². The zero-order valence-electron chi connectivity index (χ0n) is 4.98. The summed E-state index contributed by atoms with van der Waals surface area (Å²) in [5.74, 6) is 0. The molecular weight excluding hydrogens is 86.1 g/mol. The average molecular weight is 102 g/mol. The summed E-state index contributed by atoms with van der Waals surface area (Å²) in [7, 11) is 2.19. The molecule has 1 rings (SSSR count). The summed E-state index contributed by atoms with van der Waals surface area (Å²) in [5.41, 5.74) is 0. The van der Waals surface area contributed by atoms with Crippen LogP contribution in [0.4, 0.5) is 0 Å². The first kappa shape index (κ1) is 5.10. The van der Waals surface area contributed by atoms with Gasteiger partial charge in [-0.1, -0.05) is 6.42 Å². The Morgan fingerprint density at radius 2 is 1.71 bits per heavy atom. The van der Waals surface area contributed by atoms with Crippen LogP contribution in [0.3, 0.4) is 0 Å². The summed E-state index contributed by atoms with van der Waals surface area (Å²) in [4.78, 5) is 2.39. The second kappa shape index (κ2) is 2.31. The highest BCUT2D eigenvalue weighted by Gasteiger charge is 2.02. The molecule has 1 saturated heterocycles. The minimum absolute atomic E-state index is 0. The van der Waals surface area contributed by atoms with Gasteiger partial charge in [-0.25, -0.2) is 0 Å². The van der Waals surface area contributed by atoms with E-state index in [-0.39, 0.29) is 1.43 Å². The fourth-order valence-electron chi connectivity index (χ4n) is 1.05. The maximum atomic E-state index is 2.39. The van der Waals surface area contributed by atoms with Crippen LogP contribution in [-0.4, -0.2) is 25.0 Å². The number of likely N-dealkylation sites (tertiary alicyclic amines) is 1. The van der Waals surface area contributed by atoms with Crippen LogP contribution in [0.2, 0.25) is 0 Å². The van der Waals surface area contributed by atoms with Crippen molar-refractivity contribution in [3.8, 4) is 0 Å². The topological polar surface area (TPSA) is 3.24 Å². The zero-order chi connectivity index (χ0) is 5.11. The highest BCUT2D eigenvalue weighted by molar-refractivity contribution is 4.58. The smallest absolute Gasteiger partial charge is 0 e. The Morgan fingerprint density at radius 1 is 1.14 bits per heavy atom. The van der Waals surface area contributed by atoms with E-state index in [1.54, 1.807) is 0 Å². The lowest BCUT2D eigenvalue weighted by Gasteiger charge is -2.20. The molecule has 0 aromatic carbocycles. The normalized spacial score (nSPS) is 25.3. The van der Waals surface area contributed by atoms with Crippen LogP contribution in [0.15, 0.2) is 0 Å². The quantitative estimate of drug-likeness (QED) is 0.446. The molecule has 0 amide bonds. The van der Waals surface area contributed by atoms with Gasteiger partial charge in [-0.15, -0.1) is 0 Å². The molecule has 0 radical (unpaired) electrons. The summed E-state index contributed by atoms with van der Waals surface area (Å²) in [6.07, 6.45) is 4.28. The van der Waals surface area contributed by atoms with Crippen molar-refractivity contribution >= 4 is 0 Å². The predicted octanol–water partition coefficient (Wildman–Crippen LogP) is 1.35. The van der Waals surface area contributed by atoms with Crippen molar-refractivity contribution in [3.63, 3.8) is 0 Å². The van der Waals surface area contributed by atoms with Crippen molar-refractivity contribution < 1.29 is 1.43 Å². The molecule has 0 spiro atoms. The van der Waals surface area contributed by atoms with E-state index in [1.807, 2.05) is 0 Å². The number of rotatable bonds is 0. The lowest BCUT2D eigenvalue weighted by molar-refractivity contribution is 0.277. The Balaban J connectivity index is 0.000000490. The molecule has 1 aliphatic heterocycles. The van der Waals surface area contributed by atoms with Gasteiger partial charge < -0.3 is 4.90 Å². The van der Waals surface area contributed by atoms with Gasteiger partial charge in [0.1, 0.15) is 0 Å². The SMILES string of the molecule is CN1CCCCC1.[2HH]. The van der Waals surface area contributed by atoms with E-state index in [1.165, 1.54) is 32.4 Å². The van der Waals surface area contributed by atoms with Gasteiger partial charge in [-0.05, 0) is 33.0 Å². The summed E-state index contributed by atoms with van der Waals surface area (Å²) in [6.45, 7) is 2.64. The minimum Gasteiger partial charge on any atom is -0.306 e. The molecule has 0 saturated carbocycles. The van der Waals surface area contributed by atoms with Crippen molar-refractivity contribution in [2.75, 3.05) is 20.1 Å². The molecule has 0 N–H and O–H groups in total. The fraction of sp³-hybridized carbons (Fsp3) is 1.00. The molecule has 0 aromatic heterocycles. The van der Waals surface area contributed by atoms with E-state index in [0.717, 1.165) is 0 Å². The first-order chi connectivity index (χ1) is 3.39. The summed E-state index contributed by atoms with van der Waals surface area (Å²) in [5, 5.41) is 0. The molecule has 44 valence electrons. The van der Waals surface area contributed by atoms with Crippen LogP contribution in [0, 0.1) is 0 Å². The Labute approximate surface area is 46.8 Å². The van der Waals surface area contributed by atoms with Gasteiger partial charge >= 0.3 is 0 Å². The molecule has 0 aliphatic carbocycles. The van der Waals surface area contributed by atoms with E-state index < -0.39 is 0 Å². The minimum atomic E-state index is 0. The largest absolute Gasteiger partial charge is 0.306 e. The Bertz CT molecular complexity index is 50.5. The van der Waals surface area contributed by atoms with Gasteiger partial charge in [0.2, 0.25) is 0 Å². The van der Waals surface area contributed by atoms with E-state index in [9.17, 15) is 0 Å². The van der Waals surface area contributed by atoms with Gasteiger partial charge in [0.05, 0.1) is 0 Å². The average Bonchev–Trinajstić information content (AvgIpc) is 1.69. The summed E-state index contributed by atoms with van der Waals surface area (Å²) < 4.78 is 0. The van der Waals surface area contributed by atoms with Crippen molar-refractivity contribution in [1.82, 2.24) is 4.90 Å². The molecule has 1 heteroatoms. The van der Waals surface area contributed by atoms with Crippen molar-refractivity contribution in [2.24, 2.45) is 0 Å². The van der Waals surface area contributed by atoms with Crippen LogP contribution >= 0.6 is 0 Å². The van der Waals surface area contributed by atoms with Gasteiger partial charge in [0.25, 0.3) is 0 Å². The third kappa shape index (κ3) is 1.48. The van der Waals surface area contributed by atoms with Crippen molar-refractivity contribution in [3.05, 3.63) is 0 Å². The van der Waals surface area contributed by atoms with Crippen LogP contribution in [0.5, 0.6) is 0 Å². The van der Waals surface area contributed by atoms with Crippen LogP contribution < -0.4 is 0 Å². The molecule has 0 bridgehead atoms.